The molecular weight excluding hydrogens is 538 g/mol. The largest absolute Gasteiger partial charge is 0.466 e. The maximum atomic E-state index is 15.3. The number of carbonyl (C=O) groups is 1. The number of ether oxygens (including phenoxy) is 1. The summed E-state index contributed by atoms with van der Waals surface area (Å²) < 4.78 is 63.5. The summed E-state index contributed by atoms with van der Waals surface area (Å²) in [6.07, 6.45) is 2.17. The Morgan fingerprint density at radius 1 is 1.07 bits per heavy atom. The summed E-state index contributed by atoms with van der Waals surface area (Å²) in [5.41, 5.74) is 0.977. The molecule has 0 fully saturated rings. The van der Waals surface area contributed by atoms with Gasteiger partial charge in [-0.3, -0.25) is 4.79 Å². The summed E-state index contributed by atoms with van der Waals surface area (Å²) in [4.78, 5) is 20.7. The van der Waals surface area contributed by atoms with Crippen molar-refractivity contribution in [3.63, 3.8) is 0 Å². The molecule has 0 spiro atoms. The Morgan fingerprint density at radius 3 is 2.38 bits per heavy atom. The number of fused-ring (bicyclic) bond motifs is 1. The second-order valence-corrected chi connectivity index (χ2v) is 12.6. The first kappa shape index (κ1) is 29.1. The molecule has 4 aromatic rings. The van der Waals surface area contributed by atoms with Gasteiger partial charge in [-0.25, -0.2) is 31.1 Å². The molecule has 2 aromatic heterocycles. The van der Waals surface area contributed by atoms with E-state index in [9.17, 15) is 17.6 Å². The molecule has 4 rings (SSSR count). The number of aryl methyl sites for hydroxylation is 2. The van der Waals surface area contributed by atoms with Gasteiger partial charge in [-0.05, 0) is 56.0 Å². The van der Waals surface area contributed by atoms with Gasteiger partial charge in [0.05, 0.1) is 24.1 Å². The van der Waals surface area contributed by atoms with Gasteiger partial charge in [-0.1, -0.05) is 38.5 Å². The molecule has 1 atom stereocenters. The molecule has 2 aromatic carbocycles. The van der Waals surface area contributed by atoms with Crippen molar-refractivity contribution in [2.75, 3.05) is 11.9 Å². The smallest absolute Gasteiger partial charge is 0.307 e. The first-order valence-corrected chi connectivity index (χ1v) is 14.2. The van der Waals surface area contributed by atoms with Crippen molar-refractivity contribution in [3.05, 3.63) is 71.6 Å². The van der Waals surface area contributed by atoms with Crippen molar-refractivity contribution in [1.29, 1.82) is 0 Å². The van der Waals surface area contributed by atoms with Crippen LogP contribution in [-0.4, -0.2) is 41.0 Å². The summed E-state index contributed by atoms with van der Waals surface area (Å²) in [7, 11) is -4.20. The fraction of sp³-hybridized carbons (Fsp3) is 0.345. The molecule has 2 heterocycles. The summed E-state index contributed by atoms with van der Waals surface area (Å²) in [5, 5.41) is 3.25. The molecule has 1 N–H and O–H groups in total. The van der Waals surface area contributed by atoms with Crippen LogP contribution in [0.25, 0.3) is 22.3 Å². The maximum absolute atomic E-state index is 15.3. The molecule has 0 amide bonds. The average Bonchev–Trinajstić information content (AvgIpc) is 3.25. The van der Waals surface area contributed by atoms with Crippen LogP contribution in [0.5, 0.6) is 0 Å². The van der Waals surface area contributed by atoms with Crippen LogP contribution in [0, 0.1) is 30.9 Å². The Labute approximate surface area is 232 Å². The highest BCUT2D eigenvalue weighted by Crippen LogP contribution is 2.35. The van der Waals surface area contributed by atoms with Crippen LogP contribution in [-0.2, 0) is 19.6 Å². The van der Waals surface area contributed by atoms with Crippen LogP contribution in [0.4, 0.5) is 14.6 Å². The van der Waals surface area contributed by atoms with Crippen molar-refractivity contribution in [2.24, 2.45) is 5.41 Å². The zero-order valence-corrected chi connectivity index (χ0v) is 24.1. The third kappa shape index (κ3) is 5.84. The SMILES string of the molecule is CCOC(=O)CC(Nc1nc(-c2cn(S(=O)(=O)c3ccc(C)cc3)c3c(F)cc(C)cc23)ncc1F)C(C)(C)C. The van der Waals surface area contributed by atoms with E-state index in [1.807, 2.05) is 27.7 Å². The number of carbonyl (C=O) groups excluding carboxylic acids is 1. The lowest BCUT2D eigenvalue weighted by Gasteiger charge is -2.31. The van der Waals surface area contributed by atoms with E-state index >= 15 is 4.39 Å². The maximum Gasteiger partial charge on any atom is 0.307 e. The molecule has 0 saturated heterocycles. The minimum absolute atomic E-state index is 0.0134. The van der Waals surface area contributed by atoms with Gasteiger partial charge >= 0.3 is 5.97 Å². The fourth-order valence-electron chi connectivity index (χ4n) is 4.33. The second-order valence-electron chi connectivity index (χ2n) is 10.8. The van der Waals surface area contributed by atoms with Crippen LogP contribution in [0.2, 0.25) is 0 Å². The van der Waals surface area contributed by atoms with Gasteiger partial charge in [-0.15, -0.1) is 0 Å². The minimum Gasteiger partial charge on any atom is -0.466 e. The monoisotopic (exact) mass is 570 g/mol. The summed E-state index contributed by atoms with van der Waals surface area (Å²) >= 11 is 0. The van der Waals surface area contributed by atoms with Gasteiger partial charge in [0.2, 0.25) is 0 Å². The van der Waals surface area contributed by atoms with E-state index in [1.54, 1.807) is 32.0 Å². The molecule has 0 aliphatic rings. The van der Waals surface area contributed by atoms with Crippen LogP contribution in [0.3, 0.4) is 0 Å². The highest BCUT2D eigenvalue weighted by Gasteiger charge is 2.30. The summed E-state index contributed by atoms with van der Waals surface area (Å²) in [6.45, 7) is 11.1. The van der Waals surface area contributed by atoms with E-state index in [2.05, 4.69) is 15.3 Å². The van der Waals surface area contributed by atoms with Crippen molar-refractivity contribution < 1.29 is 26.7 Å². The van der Waals surface area contributed by atoms with Gasteiger partial charge in [0.1, 0.15) is 11.3 Å². The lowest BCUT2D eigenvalue weighted by atomic mass is 9.84. The summed E-state index contributed by atoms with van der Waals surface area (Å²) in [6, 6.07) is 8.55. The van der Waals surface area contributed by atoms with Crippen molar-refractivity contribution in [2.45, 2.75) is 58.9 Å². The molecule has 8 nitrogen and oxygen atoms in total. The Kier molecular flexibility index (Phi) is 7.98. The van der Waals surface area contributed by atoms with Crippen molar-refractivity contribution >= 4 is 32.7 Å². The molecule has 0 aliphatic heterocycles. The molecule has 0 aliphatic carbocycles. The molecule has 1 unspecified atom stereocenters. The number of aromatic nitrogens is 3. The van der Waals surface area contributed by atoms with Crippen molar-refractivity contribution in [1.82, 2.24) is 13.9 Å². The van der Waals surface area contributed by atoms with Crippen LogP contribution >= 0.6 is 0 Å². The Hall–Kier alpha value is -3.86. The number of benzene rings is 2. The van der Waals surface area contributed by atoms with Gasteiger partial charge in [0.25, 0.3) is 10.0 Å². The van der Waals surface area contributed by atoms with E-state index in [4.69, 9.17) is 4.74 Å². The number of esters is 1. The van der Waals surface area contributed by atoms with E-state index in [0.29, 0.717) is 5.56 Å². The van der Waals surface area contributed by atoms with Crippen LogP contribution in [0.1, 0.15) is 45.2 Å². The number of anilines is 1. The molecular formula is C29H32F2N4O4S. The standard InChI is InChI=1S/C29H32F2N4O4S/c1-7-39-25(36)14-24(29(4,5)6)33-28-23(31)15-32-27(34-28)21-16-35(26-20(21)12-18(3)13-22(26)30)40(37,38)19-10-8-17(2)9-11-19/h8-13,15-16,24H,7,14H2,1-6H3,(H,32,33,34). The quantitative estimate of drug-likeness (QED) is 0.259. The lowest BCUT2D eigenvalue weighted by Crippen LogP contribution is -2.37. The number of rotatable bonds is 8. The normalized spacial score (nSPS) is 12.9. The Bertz CT molecular complexity index is 1680. The first-order chi connectivity index (χ1) is 18.7. The summed E-state index contributed by atoms with van der Waals surface area (Å²) in [5.74, 6) is -2.13. The second kappa shape index (κ2) is 11.0. The van der Waals surface area contributed by atoms with E-state index in [0.717, 1.165) is 15.7 Å². The van der Waals surface area contributed by atoms with E-state index in [-0.39, 0.29) is 46.0 Å². The Morgan fingerprint density at radius 2 is 1.75 bits per heavy atom. The van der Waals surface area contributed by atoms with E-state index in [1.165, 1.54) is 24.4 Å². The van der Waals surface area contributed by atoms with Crippen LogP contribution in [0.15, 0.2) is 53.7 Å². The number of nitrogens with zero attached hydrogens (tertiary/aromatic N) is 3. The minimum atomic E-state index is -4.20. The highest BCUT2D eigenvalue weighted by molar-refractivity contribution is 7.90. The lowest BCUT2D eigenvalue weighted by molar-refractivity contribution is -0.143. The third-order valence-electron chi connectivity index (χ3n) is 6.56. The predicted molar refractivity (Wildman–Crippen MR) is 149 cm³/mol. The molecule has 11 heteroatoms. The topological polar surface area (TPSA) is 103 Å². The van der Waals surface area contributed by atoms with Crippen LogP contribution < -0.4 is 5.32 Å². The zero-order valence-electron chi connectivity index (χ0n) is 23.2. The van der Waals surface area contributed by atoms with Crippen molar-refractivity contribution in [3.8, 4) is 11.4 Å². The number of halogens is 2. The van der Waals surface area contributed by atoms with Gasteiger partial charge in [0, 0.05) is 23.2 Å². The fourth-order valence-corrected chi connectivity index (χ4v) is 5.71. The number of hydrogen-bond acceptors (Lipinski definition) is 7. The van der Waals surface area contributed by atoms with E-state index < -0.39 is 39.1 Å². The number of nitrogens with one attached hydrogen (secondary N) is 1. The molecule has 40 heavy (non-hydrogen) atoms. The van der Waals surface area contributed by atoms with Gasteiger partial charge in [-0.2, -0.15) is 0 Å². The van der Waals surface area contributed by atoms with Gasteiger partial charge in [0.15, 0.2) is 17.5 Å². The molecule has 0 saturated carbocycles. The molecule has 212 valence electrons. The predicted octanol–water partition coefficient (Wildman–Crippen LogP) is 6.01. The molecule has 0 bridgehead atoms. The Balaban J connectivity index is 1.86. The first-order valence-electron chi connectivity index (χ1n) is 12.8. The van der Waals surface area contributed by atoms with Gasteiger partial charge < -0.3 is 10.1 Å². The zero-order chi connectivity index (χ0) is 29.4. The third-order valence-corrected chi connectivity index (χ3v) is 8.23. The number of hydrogen-bond donors (Lipinski definition) is 1. The molecule has 0 radical (unpaired) electrons. The average molecular weight is 571 g/mol. The highest BCUT2D eigenvalue weighted by atomic mass is 32.2.